The van der Waals surface area contributed by atoms with Crippen molar-refractivity contribution in [2.45, 2.75) is 50.8 Å². The molecule has 1 aliphatic rings. The highest BCUT2D eigenvalue weighted by atomic mass is 16.7. The maximum absolute atomic E-state index is 6.41. The second-order valence-corrected chi connectivity index (χ2v) is 8.58. The van der Waals surface area contributed by atoms with Gasteiger partial charge in [0.15, 0.2) is 6.29 Å². The molecule has 0 radical (unpaired) electrons. The molecule has 0 saturated carbocycles. The summed E-state index contributed by atoms with van der Waals surface area (Å²) < 4.78 is 31.1. The maximum Gasteiger partial charge on any atom is 0.187 e. The van der Waals surface area contributed by atoms with Gasteiger partial charge in [0.05, 0.1) is 45.2 Å². The molecule has 3 aromatic rings. The van der Waals surface area contributed by atoms with E-state index in [1.807, 2.05) is 66.7 Å². The number of hydrogen-bond acceptors (Lipinski definition) is 5. The van der Waals surface area contributed by atoms with E-state index < -0.39 is 6.29 Å². The van der Waals surface area contributed by atoms with E-state index in [9.17, 15) is 0 Å². The van der Waals surface area contributed by atoms with Crippen LogP contribution in [0.2, 0.25) is 0 Å². The van der Waals surface area contributed by atoms with E-state index in [1.165, 1.54) is 0 Å². The Labute approximate surface area is 208 Å². The van der Waals surface area contributed by atoms with Gasteiger partial charge in [-0.05, 0) is 16.7 Å². The lowest BCUT2D eigenvalue weighted by Crippen LogP contribution is -2.52. The van der Waals surface area contributed by atoms with E-state index >= 15 is 0 Å². The molecule has 0 amide bonds. The van der Waals surface area contributed by atoms with Gasteiger partial charge in [0.25, 0.3) is 0 Å². The third kappa shape index (κ3) is 8.13. The average molecular weight is 475 g/mol. The monoisotopic (exact) mass is 474 g/mol. The second kappa shape index (κ2) is 13.9. The van der Waals surface area contributed by atoms with Crippen LogP contribution in [0.15, 0.2) is 104 Å². The highest BCUT2D eigenvalue weighted by Crippen LogP contribution is 2.28. The van der Waals surface area contributed by atoms with E-state index in [2.05, 4.69) is 30.8 Å². The molecule has 0 unspecified atom stereocenters. The topological polar surface area (TPSA) is 46.2 Å². The summed E-state index contributed by atoms with van der Waals surface area (Å²) in [5.74, 6) is 0. The molecule has 1 saturated heterocycles. The molecule has 35 heavy (non-hydrogen) atoms. The van der Waals surface area contributed by atoms with Crippen molar-refractivity contribution in [1.29, 1.82) is 0 Å². The predicted molar refractivity (Wildman–Crippen MR) is 136 cm³/mol. The molecule has 1 heterocycles. The summed E-state index contributed by atoms with van der Waals surface area (Å²) in [4.78, 5) is 0. The van der Waals surface area contributed by atoms with E-state index in [4.69, 9.17) is 23.7 Å². The molecule has 3 aromatic carbocycles. The molecule has 0 bridgehead atoms. The van der Waals surface area contributed by atoms with Gasteiger partial charge in [0.1, 0.15) is 6.10 Å². The molecule has 4 rings (SSSR count). The van der Waals surface area contributed by atoms with Gasteiger partial charge in [-0.2, -0.15) is 0 Å². The molecule has 4 atom stereocenters. The minimum atomic E-state index is -0.587. The third-order valence-corrected chi connectivity index (χ3v) is 5.84. The minimum Gasteiger partial charge on any atom is -0.374 e. The fourth-order valence-electron chi connectivity index (χ4n) is 4.07. The third-order valence-electron chi connectivity index (χ3n) is 5.84. The van der Waals surface area contributed by atoms with Crippen LogP contribution in [0.1, 0.15) is 23.1 Å². The molecule has 0 spiro atoms. The van der Waals surface area contributed by atoms with Gasteiger partial charge < -0.3 is 23.7 Å². The molecule has 184 valence electrons. The first-order chi connectivity index (χ1) is 17.3. The SMILES string of the molecule is C=CCO[C@H]1O[C@H](COCc2ccccc2)C[C@H](OCc2ccccc2)[C@H]1OCc1ccccc1. The molecule has 1 fully saturated rings. The minimum absolute atomic E-state index is 0.175. The lowest BCUT2D eigenvalue weighted by Gasteiger charge is -2.41. The summed E-state index contributed by atoms with van der Waals surface area (Å²) >= 11 is 0. The van der Waals surface area contributed by atoms with Crippen molar-refractivity contribution in [3.63, 3.8) is 0 Å². The lowest BCUT2D eigenvalue weighted by atomic mass is 10.0. The van der Waals surface area contributed by atoms with Gasteiger partial charge >= 0.3 is 0 Å². The molecule has 1 aliphatic heterocycles. The highest BCUT2D eigenvalue weighted by molar-refractivity contribution is 5.15. The van der Waals surface area contributed by atoms with Gasteiger partial charge in [-0.1, -0.05) is 97.1 Å². The van der Waals surface area contributed by atoms with E-state index in [-0.39, 0.29) is 18.3 Å². The van der Waals surface area contributed by atoms with Crippen molar-refractivity contribution in [1.82, 2.24) is 0 Å². The van der Waals surface area contributed by atoms with Crippen LogP contribution in [-0.2, 0) is 43.5 Å². The average Bonchev–Trinajstić information content (AvgIpc) is 2.91. The second-order valence-electron chi connectivity index (χ2n) is 8.58. The van der Waals surface area contributed by atoms with E-state index in [1.54, 1.807) is 6.08 Å². The smallest absolute Gasteiger partial charge is 0.187 e. The standard InChI is InChI=1S/C30H34O5/c1-2-18-32-30-29(34-22-26-16-10-5-11-17-26)28(33-21-25-14-8-4-9-15-25)19-27(35-30)23-31-20-24-12-6-3-7-13-24/h2-17,27-30H,1,18-23H2/t27-,28-,29+,30-/m0/s1. The number of ether oxygens (including phenoxy) is 5. The Morgan fingerprint density at radius 2 is 1.26 bits per heavy atom. The normalized spacial score (nSPS) is 22.1. The van der Waals surface area contributed by atoms with Crippen LogP contribution in [0.5, 0.6) is 0 Å². The van der Waals surface area contributed by atoms with Crippen molar-refractivity contribution in [2.75, 3.05) is 13.2 Å². The summed E-state index contributed by atoms with van der Waals surface area (Å²) in [5, 5.41) is 0. The van der Waals surface area contributed by atoms with Crippen LogP contribution in [0.3, 0.4) is 0 Å². The zero-order valence-corrected chi connectivity index (χ0v) is 20.0. The first kappa shape index (κ1) is 25.3. The van der Waals surface area contributed by atoms with Gasteiger partial charge in [0.2, 0.25) is 0 Å². The summed E-state index contributed by atoms with van der Waals surface area (Å²) in [6.07, 6.45) is 1.00. The molecule has 0 N–H and O–H groups in total. The Hall–Kier alpha value is -2.80. The quantitative estimate of drug-likeness (QED) is 0.298. The maximum atomic E-state index is 6.41. The first-order valence-electron chi connectivity index (χ1n) is 12.1. The predicted octanol–water partition coefficient (Wildman–Crippen LogP) is 5.69. The first-order valence-corrected chi connectivity index (χ1v) is 12.1. The largest absolute Gasteiger partial charge is 0.374 e. The Kier molecular flexibility index (Phi) is 10.1. The summed E-state index contributed by atoms with van der Waals surface area (Å²) in [6.45, 7) is 6.05. The van der Waals surface area contributed by atoms with Crippen molar-refractivity contribution in [3.05, 3.63) is 120 Å². The van der Waals surface area contributed by atoms with Crippen LogP contribution in [0.25, 0.3) is 0 Å². The van der Waals surface area contributed by atoms with Gasteiger partial charge in [0, 0.05) is 6.42 Å². The molecule has 0 aliphatic carbocycles. The number of rotatable bonds is 13. The van der Waals surface area contributed by atoms with Crippen LogP contribution in [0, 0.1) is 0 Å². The molecule has 0 aromatic heterocycles. The van der Waals surface area contributed by atoms with Crippen LogP contribution in [-0.4, -0.2) is 37.8 Å². The Balaban J connectivity index is 1.43. The van der Waals surface area contributed by atoms with Gasteiger partial charge in [-0.15, -0.1) is 6.58 Å². The van der Waals surface area contributed by atoms with Crippen molar-refractivity contribution in [2.24, 2.45) is 0 Å². The summed E-state index contributed by atoms with van der Waals surface area (Å²) in [7, 11) is 0. The van der Waals surface area contributed by atoms with E-state index in [0.29, 0.717) is 39.5 Å². The zero-order chi connectivity index (χ0) is 24.1. The highest BCUT2D eigenvalue weighted by Gasteiger charge is 2.41. The Morgan fingerprint density at radius 3 is 1.83 bits per heavy atom. The van der Waals surface area contributed by atoms with Crippen LogP contribution in [0.4, 0.5) is 0 Å². The van der Waals surface area contributed by atoms with Gasteiger partial charge in [-0.25, -0.2) is 0 Å². The summed E-state index contributed by atoms with van der Waals surface area (Å²) in [6, 6.07) is 30.4. The lowest BCUT2D eigenvalue weighted by molar-refractivity contribution is -0.290. The molecule has 5 heteroatoms. The Morgan fingerprint density at radius 1 is 0.714 bits per heavy atom. The summed E-state index contributed by atoms with van der Waals surface area (Å²) in [5.41, 5.74) is 3.33. The fraction of sp³-hybridized carbons (Fsp3) is 0.333. The molecular weight excluding hydrogens is 440 g/mol. The van der Waals surface area contributed by atoms with Crippen molar-refractivity contribution >= 4 is 0 Å². The Bertz CT molecular complexity index is 979. The zero-order valence-electron chi connectivity index (χ0n) is 20.0. The fourth-order valence-corrected chi connectivity index (χ4v) is 4.07. The number of hydrogen-bond donors (Lipinski definition) is 0. The van der Waals surface area contributed by atoms with Crippen LogP contribution < -0.4 is 0 Å². The molecule has 5 nitrogen and oxygen atoms in total. The van der Waals surface area contributed by atoms with E-state index in [0.717, 1.165) is 16.7 Å². The van der Waals surface area contributed by atoms with Crippen LogP contribution >= 0.6 is 0 Å². The van der Waals surface area contributed by atoms with Gasteiger partial charge in [-0.3, -0.25) is 0 Å². The van der Waals surface area contributed by atoms with Crippen molar-refractivity contribution < 1.29 is 23.7 Å². The molecular formula is C30H34O5. The van der Waals surface area contributed by atoms with Crippen molar-refractivity contribution in [3.8, 4) is 0 Å². The number of benzene rings is 3.